The van der Waals surface area contributed by atoms with Gasteiger partial charge in [0.15, 0.2) is 0 Å². The van der Waals surface area contributed by atoms with Gasteiger partial charge in [0.1, 0.15) is 6.61 Å². The number of rotatable bonds is 4. The van der Waals surface area contributed by atoms with Crippen molar-refractivity contribution in [2.75, 3.05) is 13.2 Å². The van der Waals surface area contributed by atoms with Crippen LogP contribution in [0.5, 0.6) is 0 Å². The average Bonchev–Trinajstić information content (AvgIpc) is 2.18. The van der Waals surface area contributed by atoms with Crippen molar-refractivity contribution in [1.82, 2.24) is 10.8 Å². The summed E-state index contributed by atoms with van der Waals surface area (Å²) in [5, 5.41) is 11.6. The standard InChI is InChI=1S/C8H14N4O2/c9-3-6-1-2-7(4-11-6)12-14-5-8(10)13/h6-7,11-12H,1-2,4-5H2,(H2,10,13). The number of piperidine rings is 1. The fraction of sp³-hybridized carbons (Fsp3) is 0.750. The molecule has 1 heterocycles. The van der Waals surface area contributed by atoms with E-state index in [1.807, 2.05) is 0 Å². The Bertz CT molecular complexity index is 230. The smallest absolute Gasteiger partial charge is 0.245 e. The second-order valence-corrected chi connectivity index (χ2v) is 3.24. The molecule has 14 heavy (non-hydrogen) atoms. The number of carbonyl (C=O) groups is 1. The maximum atomic E-state index is 10.3. The average molecular weight is 198 g/mol. The highest BCUT2D eigenvalue weighted by Gasteiger charge is 2.19. The van der Waals surface area contributed by atoms with Gasteiger partial charge in [-0.3, -0.25) is 9.63 Å². The second kappa shape index (κ2) is 5.54. The molecule has 0 spiro atoms. The molecule has 0 bridgehead atoms. The molecule has 0 radical (unpaired) electrons. The molecule has 6 nitrogen and oxygen atoms in total. The van der Waals surface area contributed by atoms with Gasteiger partial charge >= 0.3 is 0 Å². The minimum Gasteiger partial charge on any atom is -0.368 e. The van der Waals surface area contributed by atoms with Crippen molar-refractivity contribution in [3.8, 4) is 6.07 Å². The van der Waals surface area contributed by atoms with E-state index in [2.05, 4.69) is 16.9 Å². The Labute approximate surface area is 82.3 Å². The molecule has 1 aliphatic rings. The normalized spacial score (nSPS) is 26.8. The van der Waals surface area contributed by atoms with E-state index in [4.69, 9.17) is 15.8 Å². The zero-order valence-electron chi connectivity index (χ0n) is 7.82. The van der Waals surface area contributed by atoms with Crippen molar-refractivity contribution in [2.45, 2.75) is 24.9 Å². The van der Waals surface area contributed by atoms with Gasteiger partial charge in [-0.2, -0.15) is 10.7 Å². The number of nitrogens with one attached hydrogen (secondary N) is 2. The fourth-order valence-corrected chi connectivity index (χ4v) is 1.30. The fourth-order valence-electron chi connectivity index (χ4n) is 1.30. The Kier molecular flexibility index (Phi) is 4.32. The number of primary amides is 1. The summed E-state index contributed by atoms with van der Waals surface area (Å²) in [6.45, 7) is 0.537. The predicted molar refractivity (Wildman–Crippen MR) is 48.7 cm³/mol. The first-order valence-corrected chi connectivity index (χ1v) is 4.51. The van der Waals surface area contributed by atoms with Crippen LogP contribution in [-0.4, -0.2) is 31.1 Å². The lowest BCUT2D eigenvalue weighted by molar-refractivity contribution is -0.126. The summed E-state index contributed by atoms with van der Waals surface area (Å²) in [5.41, 5.74) is 7.61. The third kappa shape index (κ3) is 3.70. The lowest BCUT2D eigenvalue weighted by Gasteiger charge is -2.26. The Morgan fingerprint density at radius 1 is 1.71 bits per heavy atom. The molecule has 1 aliphatic heterocycles. The van der Waals surface area contributed by atoms with Gasteiger partial charge in [0.05, 0.1) is 12.1 Å². The maximum absolute atomic E-state index is 10.3. The van der Waals surface area contributed by atoms with Crippen LogP contribution in [-0.2, 0) is 9.63 Å². The summed E-state index contributed by atoms with van der Waals surface area (Å²) < 4.78 is 0. The van der Waals surface area contributed by atoms with Crippen LogP contribution in [0.2, 0.25) is 0 Å². The van der Waals surface area contributed by atoms with Crippen molar-refractivity contribution >= 4 is 5.91 Å². The Morgan fingerprint density at radius 2 is 2.50 bits per heavy atom. The zero-order chi connectivity index (χ0) is 10.4. The maximum Gasteiger partial charge on any atom is 0.245 e. The number of amides is 1. The van der Waals surface area contributed by atoms with Crippen LogP contribution in [0.3, 0.4) is 0 Å². The number of hydroxylamine groups is 1. The summed E-state index contributed by atoms with van der Waals surface area (Å²) in [7, 11) is 0. The van der Waals surface area contributed by atoms with Crippen LogP contribution in [0, 0.1) is 11.3 Å². The summed E-state index contributed by atoms with van der Waals surface area (Å²) in [6.07, 6.45) is 1.64. The lowest BCUT2D eigenvalue weighted by Crippen LogP contribution is -2.47. The number of nitriles is 1. The summed E-state index contributed by atoms with van der Waals surface area (Å²) in [5.74, 6) is -0.504. The summed E-state index contributed by atoms with van der Waals surface area (Å²) >= 11 is 0. The molecule has 2 unspecified atom stereocenters. The molecular formula is C8H14N4O2. The van der Waals surface area contributed by atoms with Gasteiger partial charge in [0.25, 0.3) is 0 Å². The van der Waals surface area contributed by atoms with E-state index in [0.29, 0.717) is 6.54 Å². The molecule has 0 aromatic heterocycles. The molecular weight excluding hydrogens is 184 g/mol. The molecule has 1 amide bonds. The second-order valence-electron chi connectivity index (χ2n) is 3.24. The SMILES string of the molecule is N#CC1CCC(NOCC(N)=O)CN1. The monoisotopic (exact) mass is 198 g/mol. The van der Waals surface area contributed by atoms with Gasteiger partial charge in [0, 0.05) is 12.6 Å². The van der Waals surface area contributed by atoms with Crippen molar-refractivity contribution in [2.24, 2.45) is 5.73 Å². The number of carbonyl (C=O) groups excluding carboxylic acids is 1. The number of hydrogen-bond acceptors (Lipinski definition) is 5. The summed E-state index contributed by atoms with van der Waals surface area (Å²) in [4.78, 5) is 15.2. The highest BCUT2D eigenvalue weighted by Crippen LogP contribution is 2.06. The first-order chi connectivity index (χ1) is 6.72. The predicted octanol–water partition coefficient (Wildman–Crippen LogP) is -1.36. The Morgan fingerprint density at radius 3 is 3.00 bits per heavy atom. The quantitative estimate of drug-likeness (QED) is 0.484. The number of hydrogen-bond donors (Lipinski definition) is 3. The molecule has 78 valence electrons. The third-order valence-electron chi connectivity index (χ3n) is 2.03. The van der Waals surface area contributed by atoms with Gasteiger partial charge in [-0.1, -0.05) is 0 Å². The number of nitrogens with zero attached hydrogens (tertiary/aromatic N) is 1. The number of nitrogens with two attached hydrogens (primary N) is 1. The van der Waals surface area contributed by atoms with Crippen LogP contribution >= 0.6 is 0 Å². The topological polar surface area (TPSA) is 100 Å². The molecule has 6 heteroatoms. The van der Waals surface area contributed by atoms with Gasteiger partial charge in [0.2, 0.25) is 5.91 Å². The van der Waals surface area contributed by atoms with Gasteiger partial charge in [-0.15, -0.1) is 0 Å². The molecule has 1 saturated heterocycles. The molecule has 0 aliphatic carbocycles. The molecule has 2 atom stereocenters. The van der Waals surface area contributed by atoms with E-state index >= 15 is 0 Å². The summed E-state index contributed by atoms with van der Waals surface area (Å²) in [6, 6.07) is 2.22. The highest BCUT2D eigenvalue weighted by molar-refractivity contribution is 5.74. The van der Waals surface area contributed by atoms with Gasteiger partial charge < -0.3 is 11.1 Å². The van der Waals surface area contributed by atoms with Gasteiger partial charge in [-0.25, -0.2) is 0 Å². The van der Waals surface area contributed by atoms with Crippen LogP contribution in [0.25, 0.3) is 0 Å². The van der Waals surface area contributed by atoms with Gasteiger partial charge in [-0.05, 0) is 12.8 Å². The molecule has 4 N–H and O–H groups in total. The van der Waals surface area contributed by atoms with Crippen LogP contribution < -0.4 is 16.5 Å². The van der Waals surface area contributed by atoms with Crippen LogP contribution in [0.4, 0.5) is 0 Å². The van der Waals surface area contributed by atoms with Crippen molar-refractivity contribution in [3.63, 3.8) is 0 Å². The van der Waals surface area contributed by atoms with Crippen LogP contribution in [0.1, 0.15) is 12.8 Å². The molecule has 1 rings (SSSR count). The van der Waals surface area contributed by atoms with E-state index in [-0.39, 0.29) is 18.7 Å². The lowest BCUT2D eigenvalue weighted by atomic mass is 10.0. The molecule has 1 fully saturated rings. The molecule has 0 saturated carbocycles. The van der Waals surface area contributed by atoms with E-state index in [1.165, 1.54) is 0 Å². The first-order valence-electron chi connectivity index (χ1n) is 4.51. The van der Waals surface area contributed by atoms with Crippen molar-refractivity contribution in [1.29, 1.82) is 5.26 Å². The zero-order valence-corrected chi connectivity index (χ0v) is 7.82. The molecule has 0 aromatic rings. The van der Waals surface area contributed by atoms with Crippen molar-refractivity contribution < 1.29 is 9.63 Å². The third-order valence-corrected chi connectivity index (χ3v) is 2.03. The van der Waals surface area contributed by atoms with E-state index < -0.39 is 5.91 Å². The first kappa shape index (κ1) is 10.9. The van der Waals surface area contributed by atoms with E-state index in [9.17, 15) is 4.79 Å². The highest BCUT2D eigenvalue weighted by atomic mass is 16.6. The Balaban J connectivity index is 2.10. The minimum atomic E-state index is -0.504. The van der Waals surface area contributed by atoms with E-state index in [0.717, 1.165) is 12.8 Å². The largest absolute Gasteiger partial charge is 0.368 e. The molecule has 0 aromatic carbocycles. The minimum absolute atomic E-state index is 0.0656. The van der Waals surface area contributed by atoms with E-state index in [1.54, 1.807) is 0 Å². The Hall–Kier alpha value is -1.16. The van der Waals surface area contributed by atoms with Crippen LogP contribution in [0.15, 0.2) is 0 Å². The van der Waals surface area contributed by atoms with Crippen molar-refractivity contribution in [3.05, 3.63) is 0 Å².